The van der Waals surface area contributed by atoms with Crippen LogP contribution >= 0.6 is 23.2 Å². The number of rotatable bonds is 7. The summed E-state index contributed by atoms with van der Waals surface area (Å²) >= 11 is 11.8. The van der Waals surface area contributed by atoms with Crippen molar-refractivity contribution < 1.29 is 17.9 Å². The van der Waals surface area contributed by atoms with Crippen LogP contribution in [0.5, 0.6) is 5.75 Å². The highest BCUT2D eigenvalue weighted by atomic mass is 35.5. The van der Waals surface area contributed by atoms with Crippen molar-refractivity contribution in [2.24, 2.45) is 0 Å². The molecular weight excluding hydrogens is 399 g/mol. The molecule has 0 radical (unpaired) electrons. The lowest BCUT2D eigenvalue weighted by molar-refractivity contribution is -0.122. The second-order valence-electron chi connectivity index (χ2n) is 5.48. The van der Waals surface area contributed by atoms with E-state index in [2.05, 4.69) is 10.0 Å². The van der Waals surface area contributed by atoms with Gasteiger partial charge in [0.05, 0.1) is 23.1 Å². The van der Waals surface area contributed by atoms with Crippen LogP contribution in [0.15, 0.2) is 47.4 Å². The van der Waals surface area contributed by atoms with Gasteiger partial charge in [0.15, 0.2) is 0 Å². The first-order valence-electron chi connectivity index (χ1n) is 7.61. The number of hydrogen-bond acceptors (Lipinski definition) is 4. The molecule has 0 aromatic heterocycles. The van der Waals surface area contributed by atoms with Crippen molar-refractivity contribution >= 4 is 39.1 Å². The van der Waals surface area contributed by atoms with Crippen LogP contribution in [-0.2, 0) is 21.4 Å². The van der Waals surface area contributed by atoms with Gasteiger partial charge in [-0.3, -0.25) is 4.79 Å². The van der Waals surface area contributed by atoms with Crippen LogP contribution < -0.4 is 14.8 Å². The zero-order valence-corrected chi connectivity index (χ0v) is 16.5. The average molecular weight is 417 g/mol. The lowest BCUT2D eigenvalue weighted by atomic mass is 10.2. The molecule has 0 aliphatic rings. The van der Waals surface area contributed by atoms with Crippen molar-refractivity contribution in [3.05, 3.63) is 58.1 Å². The molecule has 0 aliphatic carbocycles. The summed E-state index contributed by atoms with van der Waals surface area (Å²) in [6, 6.07) is 10.1. The van der Waals surface area contributed by atoms with Crippen LogP contribution in [0.25, 0.3) is 0 Å². The summed E-state index contributed by atoms with van der Waals surface area (Å²) in [5, 5.41) is 3.43. The van der Waals surface area contributed by atoms with Crippen LogP contribution in [0.1, 0.15) is 12.5 Å². The molecule has 0 spiro atoms. The van der Waals surface area contributed by atoms with E-state index in [0.29, 0.717) is 10.8 Å². The number of sulfonamides is 1. The molecule has 0 saturated carbocycles. The molecule has 2 rings (SSSR count). The minimum atomic E-state index is -3.91. The number of hydrogen-bond donors (Lipinski definition) is 2. The zero-order valence-electron chi connectivity index (χ0n) is 14.1. The third-order valence-electron chi connectivity index (χ3n) is 3.54. The Labute approximate surface area is 162 Å². The molecule has 1 atom stereocenters. The Kier molecular flexibility index (Phi) is 6.88. The van der Waals surface area contributed by atoms with Gasteiger partial charge in [0.2, 0.25) is 15.9 Å². The Morgan fingerprint density at radius 1 is 1.15 bits per heavy atom. The number of ether oxygens (including phenoxy) is 1. The fourth-order valence-electron chi connectivity index (χ4n) is 2.11. The van der Waals surface area contributed by atoms with Crippen LogP contribution in [0.4, 0.5) is 0 Å². The first-order valence-corrected chi connectivity index (χ1v) is 9.85. The van der Waals surface area contributed by atoms with E-state index < -0.39 is 22.0 Å². The SMILES string of the molecule is COc1ccc(S(=O)(=O)N[C@@H](C)C(=O)NCc2ccc(Cl)cc2)cc1Cl. The van der Waals surface area contributed by atoms with Crippen LogP contribution in [-0.4, -0.2) is 27.5 Å². The van der Waals surface area contributed by atoms with Gasteiger partial charge in [0, 0.05) is 11.6 Å². The second-order valence-corrected chi connectivity index (χ2v) is 8.04. The van der Waals surface area contributed by atoms with Gasteiger partial charge >= 0.3 is 0 Å². The highest BCUT2D eigenvalue weighted by Crippen LogP contribution is 2.26. The Balaban J connectivity index is 2.00. The highest BCUT2D eigenvalue weighted by Gasteiger charge is 2.22. The summed E-state index contributed by atoms with van der Waals surface area (Å²) in [5.74, 6) is -0.0949. The van der Waals surface area contributed by atoms with Crippen molar-refractivity contribution in [2.45, 2.75) is 24.4 Å². The molecule has 0 heterocycles. The molecule has 0 aliphatic heterocycles. The standard InChI is InChI=1S/C17H18Cl2N2O4S/c1-11(17(22)20-10-12-3-5-13(18)6-4-12)21-26(23,24)14-7-8-16(25-2)15(19)9-14/h3-9,11,21H,10H2,1-2H3,(H,20,22)/t11-/m0/s1. The Bertz CT molecular complexity index is 886. The number of amides is 1. The zero-order chi connectivity index (χ0) is 19.3. The molecule has 2 aromatic rings. The number of halogens is 2. The van der Waals surface area contributed by atoms with Crippen molar-refractivity contribution in [2.75, 3.05) is 7.11 Å². The second kappa shape index (κ2) is 8.73. The van der Waals surface area contributed by atoms with Gasteiger partial charge in [0.25, 0.3) is 0 Å². The molecular formula is C17H18Cl2N2O4S. The maximum atomic E-state index is 12.4. The van der Waals surface area contributed by atoms with Gasteiger partial charge in [-0.15, -0.1) is 0 Å². The van der Waals surface area contributed by atoms with Crippen LogP contribution in [0.3, 0.4) is 0 Å². The van der Waals surface area contributed by atoms with Crippen LogP contribution in [0, 0.1) is 0 Å². The normalized spacial score (nSPS) is 12.5. The predicted octanol–water partition coefficient (Wildman–Crippen LogP) is 2.99. The van der Waals surface area contributed by atoms with Gasteiger partial charge in [-0.2, -0.15) is 4.72 Å². The number of nitrogens with one attached hydrogen (secondary N) is 2. The van der Waals surface area contributed by atoms with Gasteiger partial charge in [-0.1, -0.05) is 35.3 Å². The first-order chi connectivity index (χ1) is 12.2. The van der Waals surface area contributed by atoms with Gasteiger partial charge < -0.3 is 10.1 Å². The fraction of sp³-hybridized carbons (Fsp3) is 0.235. The third-order valence-corrected chi connectivity index (χ3v) is 5.62. The van der Waals surface area contributed by atoms with E-state index >= 15 is 0 Å². The van der Waals surface area contributed by atoms with Gasteiger partial charge in [0.1, 0.15) is 5.75 Å². The average Bonchev–Trinajstić information content (AvgIpc) is 2.60. The number of carbonyl (C=O) groups excluding carboxylic acids is 1. The number of benzene rings is 2. The molecule has 9 heteroatoms. The predicted molar refractivity (Wildman–Crippen MR) is 101 cm³/mol. The quantitative estimate of drug-likeness (QED) is 0.726. The molecule has 1 amide bonds. The summed E-state index contributed by atoms with van der Waals surface area (Å²) in [6.07, 6.45) is 0. The third kappa shape index (κ3) is 5.35. The Morgan fingerprint density at radius 3 is 2.38 bits per heavy atom. The Morgan fingerprint density at radius 2 is 1.81 bits per heavy atom. The number of carbonyl (C=O) groups is 1. The van der Waals surface area contributed by atoms with Crippen LogP contribution in [0.2, 0.25) is 10.0 Å². The first kappa shape index (κ1) is 20.5. The minimum absolute atomic E-state index is 0.0550. The maximum absolute atomic E-state index is 12.4. The lowest BCUT2D eigenvalue weighted by Crippen LogP contribution is -2.44. The minimum Gasteiger partial charge on any atom is -0.495 e. The number of methoxy groups -OCH3 is 1. The monoisotopic (exact) mass is 416 g/mol. The molecule has 0 fully saturated rings. The van der Waals surface area contributed by atoms with Gasteiger partial charge in [-0.25, -0.2) is 8.42 Å². The summed E-state index contributed by atoms with van der Waals surface area (Å²) in [7, 11) is -2.48. The maximum Gasteiger partial charge on any atom is 0.241 e. The summed E-state index contributed by atoms with van der Waals surface area (Å²) in [5.41, 5.74) is 0.847. The molecule has 2 aromatic carbocycles. The molecule has 2 N–H and O–H groups in total. The van der Waals surface area contributed by atoms with E-state index in [-0.39, 0.29) is 16.5 Å². The highest BCUT2D eigenvalue weighted by molar-refractivity contribution is 7.89. The summed E-state index contributed by atoms with van der Waals surface area (Å²) in [4.78, 5) is 12.1. The van der Waals surface area contributed by atoms with E-state index in [1.165, 1.54) is 32.2 Å². The van der Waals surface area contributed by atoms with E-state index in [0.717, 1.165) is 5.56 Å². The van der Waals surface area contributed by atoms with Gasteiger partial charge in [-0.05, 0) is 42.8 Å². The molecule has 0 unspecified atom stereocenters. The van der Waals surface area contributed by atoms with Crippen molar-refractivity contribution in [1.82, 2.24) is 10.0 Å². The summed E-state index contributed by atoms with van der Waals surface area (Å²) < 4.78 is 32.1. The van der Waals surface area contributed by atoms with Crippen molar-refractivity contribution in [3.63, 3.8) is 0 Å². The van der Waals surface area contributed by atoms with Crippen molar-refractivity contribution in [1.29, 1.82) is 0 Å². The molecule has 6 nitrogen and oxygen atoms in total. The molecule has 140 valence electrons. The van der Waals surface area contributed by atoms with Crippen molar-refractivity contribution in [3.8, 4) is 5.75 Å². The van der Waals surface area contributed by atoms with E-state index in [1.54, 1.807) is 24.3 Å². The topological polar surface area (TPSA) is 84.5 Å². The Hall–Kier alpha value is -1.80. The molecule has 0 saturated heterocycles. The molecule has 26 heavy (non-hydrogen) atoms. The largest absolute Gasteiger partial charge is 0.495 e. The fourth-order valence-corrected chi connectivity index (χ4v) is 3.79. The lowest BCUT2D eigenvalue weighted by Gasteiger charge is -2.15. The van der Waals surface area contributed by atoms with E-state index in [1.807, 2.05) is 0 Å². The van der Waals surface area contributed by atoms with E-state index in [4.69, 9.17) is 27.9 Å². The summed E-state index contributed by atoms with van der Waals surface area (Å²) in [6.45, 7) is 1.72. The smallest absolute Gasteiger partial charge is 0.241 e. The van der Waals surface area contributed by atoms with E-state index in [9.17, 15) is 13.2 Å². The molecule has 0 bridgehead atoms.